The number of fused-ring (bicyclic) bond motifs is 7. The highest BCUT2D eigenvalue weighted by molar-refractivity contribution is 7.86. The average Bonchev–Trinajstić information content (AvgIpc) is 3.30. The van der Waals surface area contributed by atoms with Gasteiger partial charge in [0.1, 0.15) is 0 Å². The molecule has 1 atom stereocenters. The topological polar surface area (TPSA) is 32.9 Å². The molecule has 0 saturated heterocycles. The van der Waals surface area contributed by atoms with E-state index in [2.05, 4.69) is 65.6 Å². The van der Waals surface area contributed by atoms with Gasteiger partial charge in [-0.1, -0.05) is 72.8 Å². The number of aromatic amines is 1. The van der Waals surface area contributed by atoms with Crippen LogP contribution in [0.3, 0.4) is 0 Å². The summed E-state index contributed by atoms with van der Waals surface area (Å²) >= 11 is 0. The second-order valence-corrected chi connectivity index (χ2v) is 10.9. The molecule has 7 rings (SSSR count). The number of benzene rings is 5. The van der Waals surface area contributed by atoms with Crippen molar-refractivity contribution in [3.8, 4) is 11.1 Å². The molecular weight excluding hydrogens is 397 g/mol. The van der Waals surface area contributed by atoms with Crippen molar-refractivity contribution >= 4 is 55.6 Å². The molecule has 0 aliphatic carbocycles. The van der Waals surface area contributed by atoms with Crippen molar-refractivity contribution in [2.24, 2.45) is 0 Å². The van der Waals surface area contributed by atoms with Crippen molar-refractivity contribution in [3.05, 3.63) is 103 Å². The summed E-state index contributed by atoms with van der Waals surface area (Å²) in [4.78, 5) is 3.54. The van der Waals surface area contributed by atoms with Crippen LogP contribution in [0.25, 0.3) is 43.7 Å². The van der Waals surface area contributed by atoms with Gasteiger partial charge >= 0.3 is 0 Å². The van der Waals surface area contributed by atoms with Crippen molar-refractivity contribution < 1.29 is 4.57 Å². The summed E-state index contributed by atoms with van der Waals surface area (Å²) in [6, 6.07) is 35.4. The van der Waals surface area contributed by atoms with Crippen LogP contribution < -0.4 is 15.9 Å². The molecule has 5 aromatic carbocycles. The number of aromatic nitrogens is 1. The monoisotopic (exact) mass is 415 g/mol. The number of H-pyrrole nitrogens is 1. The molecule has 0 spiro atoms. The SMILES string of the molecule is O=P1(c2ccccc2)c2cc3ccccc3cc2-c2cc3c(cc21)[nH]c1ccccc13. The fourth-order valence-electron chi connectivity index (χ4n) is 5.11. The van der Waals surface area contributed by atoms with Crippen molar-refractivity contribution in [1.82, 2.24) is 4.98 Å². The molecule has 1 aliphatic heterocycles. The maximum atomic E-state index is 14.9. The maximum Gasteiger partial charge on any atom is 0.172 e. The van der Waals surface area contributed by atoms with E-state index in [1.165, 1.54) is 16.2 Å². The third-order valence-corrected chi connectivity index (χ3v) is 9.70. The number of rotatable bonds is 1. The molecule has 0 bridgehead atoms. The summed E-state index contributed by atoms with van der Waals surface area (Å²) in [5.41, 5.74) is 4.32. The van der Waals surface area contributed by atoms with Crippen LogP contribution >= 0.6 is 7.14 Å². The van der Waals surface area contributed by atoms with Gasteiger partial charge in [0.05, 0.1) is 0 Å². The Morgan fingerprint density at radius 2 is 1.19 bits per heavy atom. The van der Waals surface area contributed by atoms with Crippen LogP contribution in [0, 0.1) is 0 Å². The Morgan fingerprint density at radius 3 is 2.03 bits per heavy atom. The summed E-state index contributed by atoms with van der Waals surface area (Å²) in [6.07, 6.45) is 0. The molecule has 2 heterocycles. The van der Waals surface area contributed by atoms with Gasteiger partial charge in [-0.05, 0) is 52.2 Å². The van der Waals surface area contributed by atoms with Gasteiger partial charge in [-0.3, -0.25) is 0 Å². The van der Waals surface area contributed by atoms with Crippen molar-refractivity contribution in [3.63, 3.8) is 0 Å². The fraction of sp³-hybridized carbons (Fsp3) is 0. The van der Waals surface area contributed by atoms with Gasteiger partial charge in [-0.2, -0.15) is 0 Å². The van der Waals surface area contributed by atoms with E-state index in [1.54, 1.807) is 0 Å². The van der Waals surface area contributed by atoms with Crippen LogP contribution in [-0.4, -0.2) is 4.98 Å². The third kappa shape index (κ3) is 2.20. The second-order valence-electron chi connectivity index (χ2n) is 8.25. The fourth-order valence-corrected chi connectivity index (χ4v) is 8.20. The van der Waals surface area contributed by atoms with E-state index in [4.69, 9.17) is 0 Å². The molecule has 0 amide bonds. The van der Waals surface area contributed by atoms with E-state index in [9.17, 15) is 4.57 Å². The predicted molar refractivity (Wildman–Crippen MR) is 132 cm³/mol. The van der Waals surface area contributed by atoms with Gasteiger partial charge in [0.15, 0.2) is 7.14 Å². The van der Waals surface area contributed by atoms with Crippen LogP contribution in [0.1, 0.15) is 0 Å². The Morgan fingerprint density at radius 1 is 0.548 bits per heavy atom. The zero-order valence-electron chi connectivity index (χ0n) is 16.7. The molecule has 0 fully saturated rings. The highest BCUT2D eigenvalue weighted by atomic mass is 31.2. The van der Waals surface area contributed by atoms with Crippen LogP contribution in [0.5, 0.6) is 0 Å². The Kier molecular flexibility index (Phi) is 3.29. The minimum atomic E-state index is -2.97. The van der Waals surface area contributed by atoms with E-state index in [-0.39, 0.29) is 0 Å². The average molecular weight is 415 g/mol. The summed E-state index contributed by atoms with van der Waals surface area (Å²) in [6.45, 7) is 0. The van der Waals surface area contributed by atoms with Crippen LogP contribution in [0.15, 0.2) is 103 Å². The van der Waals surface area contributed by atoms with E-state index >= 15 is 0 Å². The van der Waals surface area contributed by atoms with E-state index in [0.29, 0.717) is 0 Å². The zero-order chi connectivity index (χ0) is 20.6. The number of nitrogens with one attached hydrogen (secondary N) is 1. The number of hydrogen-bond donors (Lipinski definition) is 1. The first kappa shape index (κ1) is 17.1. The summed E-state index contributed by atoms with van der Waals surface area (Å²) < 4.78 is 14.9. The highest BCUT2D eigenvalue weighted by Crippen LogP contribution is 2.53. The highest BCUT2D eigenvalue weighted by Gasteiger charge is 2.40. The molecule has 0 radical (unpaired) electrons. The molecule has 0 saturated carbocycles. The van der Waals surface area contributed by atoms with Gasteiger partial charge in [0, 0.05) is 37.7 Å². The molecule has 3 heteroatoms. The van der Waals surface area contributed by atoms with Gasteiger partial charge in [0.2, 0.25) is 0 Å². The quantitative estimate of drug-likeness (QED) is 0.323. The minimum Gasteiger partial charge on any atom is -0.354 e. The summed E-state index contributed by atoms with van der Waals surface area (Å²) in [5.74, 6) is 0. The summed E-state index contributed by atoms with van der Waals surface area (Å²) in [7, 11) is -2.97. The third-order valence-electron chi connectivity index (χ3n) is 6.57. The molecule has 2 nitrogen and oxygen atoms in total. The van der Waals surface area contributed by atoms with E-state index < -0.39 is 7.14 Å². The lowest BCUT2D eigenvalue weighted by Gasteiger charge is -2.16. The minimum absolute atomic E-state index is 0.890. The van der Waals surface area contributed by atoms with Crippen LogP contribution in [0.4, 0.5) is 0 Å². The zero-order valence-corrected chi connectivity index (χ0v) is 17.6. The standard InChI is InChI=1S/C28H18NOP/c30-31(20-10-2-1-3-11-20)27-15-19-9-5-4-8-18(19)14-23(27)24-16-22-21-12-6-7-13-25(21)29-26(22)17-28(24)31/h1-17,29H. The first-order valence-corrected chi connectivity index (χ1v) is 12.2. The molecule has 1 unspecified atom stereocenters. The predicted octanol–water partition coefficient (Wildman–Crippen LogP) is 6.09. The first-order chi connectivity index (χ1) is 15.2. The molecule has 1 aliphatic rings. The number of hydrogen-bond acceptors (Lipinski definition) is 1. The molecule has 6 aromatic rings. The van der Waals surface area contributed by atoms with Gasteiger partial charge in [-0.15, -0.1) is 0 Å². The smallest absolute Gasteiger partial charge is 0.172 e. The summed E-state index contributed by atoms with van der Waals surface area (Å²) in [5, 5.41) is 7.45. The van der Waals surface area contributed by atoms with Crippen molar-refractivity contribution in [1.29, 1.82) is 0 Å². The maximum absolute atomic E-state index is 14.9. The lowest BCUT2D eigenvalue weighted by Crippen LogP contribution is -2.20. The Hall–Kier alpha value is -3.61. The molecule has 31 heavy (non-hydrogen) atoms. The van der Waals surface area contributed by atoms with Crippen molar-refractivity contribution in [2.45, 2.75) is 0 Å². The van der Waals surface area contributed by atoms with Gasteiger partial charge < -0.3 is 9.55 Å². The second kappa shape index (κ2) is 5.97. The van der Waals surface area contributed by atoms with Crippen LogP contribution in [-0.2, 0) is 4.57 Å². The Bertz CT molecular complexity index is 1710. The lowest BCUT2D eigenvalue weighted by atomic mass is 9.99. The number of para-hydroxylation sites is 1. The lowest BCUT2D eigenvalue weighted by molar-refractivity contribution is 0.593. The van der Waals surface area contributed by atoms with Crippen molar-refractivity contribution in [2.75, 3.05) is 0 Å². The Balaban J connectivity index is 1.66. The van der Waals surface area contributed by atoms with E-state index in [1.807, 2.05) is 42.5 Å². The molecule has 1 aromatic heterocycles. The Labute approximate surface area is 179 Å². The van der Waals surface area contributed by atoms with Crippen LogP contribution in [0.2, 0.25) is 0 Å². The molecular formula is C28H18NOP. The normalized spacial score (nSPS) is 17.3. The first-order valence-electron chi connectivity index (χ1n) is 10.5. The van der Waals surface area contributed by atoms with E-state index in [0.717, 1.165) is 43.5 Å². The van der Waals surface area contributed by atoms with Gasteiger partial charge in [0.25, 0.3) is 0 Å². The molecule has 1 N–H and O–H groups in total. The van der Waals surface area contributed by atoms with Gasteiger partial charge in [-0.25, -0.2) is 0 Å². The molecule has 146 valence electrons. The largest absolute Gasteiger partial charge is 0.354 e.